The summed E-state index contributed by atoms with van der Waals surface area (Å²) in [4.78, 5) is 23.9. The second kappa shape index (κ2) is 8.82. The minimum Gasteiger partial charge on any atom is -0.493 e. The van der Waals surface area contributed by atoms with Crippen LogP contribution in [-0.4, -0.2) is 76.3 Å². The van der Waals surface area contributed by atoms with E-state index in [1.807, 2.05) is 42.6 Å². The van der Waals surface area contributed by atoms with Crippen LogP contribution in [0.4, 0.5) is 5.69 Å². The van der Waals surface area contributed by atoms with Crippen molar-refractivity contribution in [2.24, 2.45) is 0 Å². The summed E-state index contributed by atoms with van der Waals surface area (Å²) >= 11 is 0. The molecule has 2 aromatic carbocycles. The summed E-state index contributed by atoms with van der Waals surface area (Å²) in [6.45, 7) is 0.776. The fourth-order valence-corrected chi connectivity index (χ4v) is 4.97. The normalized spacial score (nSPS) is 17.3. The second-order valence-corrected chi connectivity index (χ2v) is 9.12. The number of benzene rings is 2. The Kier molecular flexibility index (Phi) is 5.45. The molecule has 1 unspecified atom stereocenters. The van der Waals surface area contributed by atoms with Gasteiger partial charge < -0.3 is 34.7 Å². The molecule has 4 N–H and O–H groups in total. The first-order valence-electron chi connectivity index (χ1n) is 11.9. The molecule has 2 aliphatic heterocycles. The van der Waals surface area contributed by atoms with Crippen LogP contribution in [0.2, 0.25) is 0 Å². The number of aromatic amines is 1. The van der Waals surface area contributed by atoms with Gasteiger partial charge in [-0.3, -0.25) is 15.2 Å². The fraction of sp³-hybridized carbons (Fsp3) is 0.222. The van der Waals surface area contributed by atoms with Gasteiger partial charge in [-0.2, -0.15) is 0 Å². The number of nitrogens with one attached hydrogen (secondary N) is 3. The van der Waals surface area contributed by atoms with Crippen molar-refractivity contribution >= 4 is 28.3 Å². The Bertz CT molecular complexity index is 1510. The van der Waals surface area contributed by atoms with Crippen LogP contribution in [0.25, 0.3) is 22.0 Å². The van der Waals surface area contributed by atoms with E-state index in [9.17, 15) is 9.90 Å². The average molecular weight is 499 g/mol. The lowest BCUT2D eigenvalue weighted by Crippen LogP contribution is -2.66. The van der Waals surface area contributed by atoms with E-state index >= 15 is 0 Å². The van der Waals surface area contributed by atoms with Gasteiger partial charge in [-0.15, -0.1) is 0 Å². The maximum atomic E-state index is 13.2. The molecule has 1 fully saturated rings. The minimum atomic E-state index is -1.10. The SMILES string of the molecule is COc1cc2c(cc1OC)C(=N)N(C1CN(C(=O)c3cc4cc(-c5cccnc5)ccc4[nH]3)C1)C(O)N2. The topological polar surface area (TPSA) is 127 Å². The van der Waals surface area contributed by atoms with Gasteiger partial charge in [-0.1, -0.05) is 12.1 Å². The zero-order valence-corrected chi connectivity index (χ0v) is 20.4. The van der Waals surface area contributed by atoms with Crippen LogP contribution >= 0.6 is 0 Å². The standard InChI is InChI=1S/C27H26N6O4/c1-36-23-10-19-21(11-24(23)37-2)31-27(35)33(25(19)28)18-13-32(14-18)26(34)22-9-17-8-15(5-6-20(17)30-22)16-4-3-7-29-12-16/h3-12,18,27-28,30-31,35H,13-14H2,1-2H3. The Morgan fingerprint density at radius 1 is 1.08 bits per heavy atom. The number of anilines is 1. The molecule has 188 valence electrons. The predicted octanol–water partition coefficient (Wildman–Crippen LogP) is 3.10. The lowest BCUT2D eigenvalue weighted by atomic mass is 10.0. The molecule has 1 atom stereocenters. The Hall–Kier alpha value is -4.57. The van der Waals surface area contributed by atoms with Crippen LogP contribution in [0.1, 0.15) is 16.1 Å². The largest absolute Gasteiger partial charge is 0.493 e. The number of aromatic nitrogens is 2. The third-order valence-corrected chi connectivity index (χ3v) is 6.97. The molecule has 2 aromatic heterocycles. The Labute approximate surface area is 213 Å². The van der Waals surface area contributed by atoms with E-state index in [-0.39, 0.29) is 17.8 Å². The van der Waals surface area contributed by atoms with E-state index in [2.05, 4.69) is 15.3 Å². The molecule has 1 saturated heterocycles. The molecule has 0 radical (unpaired) electrons. The van der Waals surface area contributed by atoms with E-state index in [1.165, 1.54) is 14.2 Å². The summed E-state index contributed by atoms with van der Waals surface area (Å²) in [5.74, 6) is 1.05. The van der Waals surface area contributed by atoms with Gasteiger partial charge in [0.2, 0.25) is 6.35 Å². The summed E-state index contributed by atoms with van der Waals surface area (Å²) < 4.78 is 10.7. The number of pyridine rings is 1. The third kappa shape index (κ3) is 3.82. The van der Waals surface area contributed by atoms with Crippen molar-refractivity contribution in [3.63, 3.8) is 0 Å². The van der Waals surface area contributed by atoms with E-state index in [0.717, 1.165) is 22.0 Å². The van der Waals surface area contributed by atoms with E-state index in [0.29, 0.717) is 41.5 Å². The van der Waals surface area contributed by atoms with Gasteiger partial charge in [0.05, 0.1) is 25.9 Å². The molecule has 4 heterocycles. The van der Waals surface area contributed by atoms with Gasteiger partial charge >= 0.3 is 0 Å². The monoisotopic (exact) mass is 498 g/mol. The van der Waals surface area contributed by atoms with Crippen molar-refractivity contribution in [2.45, 2.75) is 12.4 Å². The van der Waals surface area contributed by atoms with Crippen LogP contribution in [-0.2, 0) is 0 Å². The lowest BCUT2D eigenvalue weighted by Gasteiger charge is -2.49. The van der Waals surface area contributed by atoms with Crippen molar-refractivity contribution in [1.29, 1.82) is 5.41 Å². The number of likely N-dealkylation sites (tertiary alicyclic amines) is 1. The summed E-state index contributed by atoms with van der Waals surface area (Å²) in [6, 6.07) is 15.0. The number of amidine groups is 1. The van der Waals surface area contributed by atoms with Crippen molar-refractivity contribution < 1.29 is 19.4 Å². The molecule has 0 saturated carbocycles. The molecule has 0 bridgehead atoms. The number of methoxy groups -OCH3 is 2. The lowest BCUT2D eigenvalue weighted by molar-refractivity contribution is -0.0105. The highest BCUT2D eigenvalue weighted by molar-refractivity contribution is 6.05. The smallest absolute Gasteiger partial charge is 0.270 e. The fourth-order valence-electron chi connectivity index (χ4n) is 4.97. The Balaban J connectivity index is 1.18. The van der Waals surface area contributed by atoms with Gasteiger partial charge in [0, 0.05) is 53.6 Å². The molecule has 6 rings (SSSR count). The Morgan fingerprint density at radius 3 is 2.59 bits per heavy atom. The zero-order chi connectivity index (χ0) is 25.7. The highest BCUT2D eigenvalue weighted by Gasteiger charge is 2.42. The van der Waals surface area contributed by atoms with Gasteiger partial charge in [-0.25, -0.2) is 0 Å². The van der Waals surface area contributed by atoms with Crippen molar-refractivity contribution in [3.8, 4) is 22.6 Å². The highest BCUT2D eigenvalue weighted by Crippen LogP contribution is 2.37. The van der Waals surface area contributed by atoms with Crippen LogP contribution in [0.5, 0.6) is 11.5 Å². The molecule has 1 amide bonds. The average Bonchev–Trinajstić information content (AvgIpc) is 3.33. The number of ether oxygens (including phenoxy) is 2. The molecule has 37 heavy (non-hydrogen) atoms. The first kappa shape index (κ1) is 22.9. The number of hydrogen-bond acceptors (Lipinski definition) is 7. The molecular formula is C27H26N6O4. The van der Waals surface area contributed by atoms with Gasteiger partial charge in [0.1, 0.15) is 11.5 Å². The summed E-state index contributed by atoms with van der Waals surface area (Å²) in [7, 11) is 3.07. The van der Waals surface area contributed by atoms with Crippen LogP contribution in [0, 0.1) is 5.41 Å². The van der Waals surface area contributed by atoms with E-state index < -0.39 is 6.35 Å². The van der Waals surface area contributed by atoms with E-state index in [1.54, 1.807) is 28.1 Å². The molecule has 2 aliphatic rings. The van der Waals surface area contributed by atoms with Crippen molar-refractivity contribution in [3.05, 3.63) is 72.2 Å². The number of carbonyl (C=O) groups excluding carboxylic acids is 1. The number of carbonyl (C=O) groups is 1. The molecule has 0 aliphatic carbocycles. The first-order chi connectivity index (χ1) is 18.0. The number of fused-ring (bicyclic) bond motifs is 2. The van der Waals surface area contributed by atoms with Crippen LogP contribution in [0.3, 0.4) is 0 Å². The summed E-state index contributed by atoms with van der Waals surface area (Å²) in [5, 5.41) is 23.5. The summed E-state index contributed by atoms with van der Waals surface area (Å²) in [5.41, 5.74) is 4.60. The number of rotatable bonds is 5. The number of aliphatic hydroxyl groups excluding tert-OH is 1. The van der Waals surface area contributed by atoms with Crippen LogP contribution in [0.15, 0.2) is 60.9 Å². The molecule has 0 spiro atoms. The zero-order valence-electron chi connectivity index (χ0n) is 20.4. The number of nitrogens with zero attached hydrogens (tertiary/aromatic N) is 3. The summed E-state index contributed by atoms with van der Waals surface area (Å²) in [6.07, 6.45) is 2.45. The number of hydrogen-bond donors (Lipinski definition) is 4. The van der Waals surface area contributed by atoms with Gasteiger partial charge in [0.25, 0.3) is 5.91 Å². The maximum absolute atomic E-state index is 13.2. The van der Waals surface area contributed by atoms with Crippen molar-refractivity contribution in [1.82, 2.24) is 19.8 Å². The quantitative estimate of drug-likeness (QED) is 0.333. The molecular weight excluding hydrogens is 472 g/mol. The highest BCUT2D eigenvalue weighted by atomic mass is 16.5. The number of H-pyrrole nitrogens is 1. The first-order valence-corrected chi connectivity index (χ1v) is 11.9. The predicted molar refractivity (Wildman–Crippen MR) is 139 cm³/mol. The second-order valence-electron chi connectivity index (χ2n) is 9.12. The maximum Gasteiger partial charge on any atom is 0.270 e. The third-order valence-electron chi connectivity index (χ3n) is 6.97. The van der Waals surface area contributed by atoms with Gasteiger partial charge in [-0.05, 0) is 35.9 Å². The van der Waals surface area contributed by atoms with Gasteiger partial charge in [0.15, 0.2) is 11.5 Å². The minimum absolute atomic E-state index is 0.117. The molecule has 10 nitrogen and oxygen atoms in total. The molecule has 4 aromatic rings. The van der Waals surface area contributed by atoms with Crippen LogP contribution < -0.4 is 14.8 Å². The molecule has 10 heteroatoms. The number of amides is 1. The Morgan fingerprint density at radius 2 is 1.86 bits per heavy atom. The van der Waals surface area contributed by atoms with E-state index in [4.69, 9.17) is 14.9 Å². The van der Waals surface area contributed by atoms with Crippen molar-refractivity contribution in [2.75, 3.05) is 32.6 Å². The number of aliphatic hydroxyl groups is 1.